The Hall–Kier alpha value is -1.55. The highest BCUT2D eigenvalue weighted by atomic mass is 35.5. The van der Waals surface area contributed by atoms with Crippen LogP contribution in [0.5, 0.6) is 0 Å². The van der Waals surface area contributed by atoms with Crippen molar-refractivity contribution in [2.24, 2.45) is 5.92 Å². The van der Waals surface area contributed by atoms with Crippen LogP contribution in [-0.4, -0.2) is 23.5 Å². The smallest absolute Gasteiger partial charge is 0.303 e. The molecule has 5 heteroatoms. The zero-order chi connectivity index (χ0) is 15.1. The summed E-state index contributed by atoms with van der Waals surface area (Å²) in [6.07, 6.45) is 0.491. The lowest BCUT2D eigenvalue weighted by molar-refractivity contribution is -0.137. The number of carbonyl (C=O) groups excluding carboxylic acids is 1. The summed E-state index contributed by atoms with van der Waals surface area (Å²) in [5.74, 6) is -1.09. The lowest BCUT2D eigenvalue weighted by Gasteiger charge is -2.21. The molecule has 110 valence electrons. The van der Waals surface area contributed by atoms with Crippen LogP contribution in [0.2, 0.25) is 5.02 Å². The maximum Gasteiger partial charge on any atom is 0.303 e. The van der Waals surface area contributed by atoms with Crippen LogP contribution in [0.25, 0.3) is 0 Å². The Bertz CT molecular complexity index is 474. The van der Waals surface area contributed by atoms with Crippen molar-refractivity contribution in [3.63, 3.8) is 0 Å². The molecule has 0 aliphatic rings. The molecule has 0 saturated heterocycles. The standard InChI is InChI=1S/C15H20ClNO3/c1-10(2)14(11-5-3-6-12(16)9-11)15(20)17-8-4-7-13(18)19/h3,5-6,9-10,14H,4,7-8H2,1-2H3,(H,17,20)(H,18,19). The molecule has 1 rings (SSSR count). The third-order valence-corrected chi connectivity index (χ3v) is 3.26. The van der Waals surface area contributed by atoms with Crippen LogP contribution >= 0.6 is 11.6 Å². The molecule has 4 nitrogen and oxygen atoms in total. The number of hydrogen-bond donors (Lipinski definition) is 2. The molecule has 1 aromatic rings. The third-order valence-electron chi connectivity index (χ3n) is 3.02. The molecule has 20 heavy (non-hydrogen) atoms. The van der Waals surface area contributed by atoms with Gasteiger partial charge in [0.25, 0.3) is 0 Å². The second-order valence-corrected chi connectivity index (χ2v) is 5.50. The predicted octanol–water partition coefficient (Wildman–Crippen LogP) is 3.06. The summed E-state index contributed by atoms with van der Waals surface area (Å²) in [7, 11) is 0. The van der Waals surface area contributed by atoms with Crippen molar-refractivity contribution in [1.29, 1.82) is 0 Å². The Morgan fingerprint density at radius 3 is 2.60 bits per heavy atom. The van der Waals surface area contributed by atoms with Crippen LogP contribution in [-0.2, 0) is 9.59 Å². The van der Waals surface area contributed by atoms with Gasteiger partial charge in [0.1, 0.15) is 0 Å². The van der Waals surface area contributed by atoms with Gasteiger partial charge in [-0.15, -0.1) is 0 Å². The number of carboxylic acid groups (broad SMARTS) is 1. The molecule has 1 aromatic carbocycles. The van der Waals surface area contributed by atoms with Gasteiger partial charge in [-0.3, -0.25) is 9.59 Å². The van der Waals surface area contributed by atoms with Crippen molar-refractivity contribution in [1.82, 2.24) is 5.32 Å². The lowest BCUT2D eigenvalue weighted by Crippen LogP contribution is -2.32. The van der Waals surface area contributed by atoms with Crippen LogP contribution in [0, 0.1) is 5.92 Å². The molecule has 2 N–H and O–H groups in total. The van der Waals surface area contributed by atoms with E-state index in [2.05, 4.69) is 5.32 Å². The molecular weight excluding hydrogens is 278 g/mol. The molecule has 0 bridgehead atoms. The molecule has 0 fully saturated rings. The van der Waals surface area contributed by atoms with Gasteiger partial charge in [-0.05, 0) is 30.0 Å². The maximum atomic E-state index is 12.2. The molecule has 1 amide bonds. The normalized spacial score (nSPS) is 12.2. The van der Waals surface area contributed by atoms with Gasteiger partial charge in [0, 0.05) is 18.0 Å². The van der Waals surface area contributed by atoms with Crippen molar-refractivity contribution >= 4 is 23.5 Å². The van der Waals surface area contributed by atoms with Gasteiger partial charge in [0.05, 0.1) is 5.92 Å². The van der Waals surface area contributed by atoms with E-state index in [9.17, 15) is 9.59 Å². The summed E-state index contributed by atoms with van der Waals surface area (Å²) in [5, 5.41) is 12.0. The fourth-order valence-corrected chi connectivity index (χ4v) is 2.30. The highest BCUT2D eigenvalue weighted by Gasteiger charge is 2.23. The van der Waals surface area contributed by atoms with E-state index >= 15 is 0 Å². The lowest BCUT2D eigenvalue weighted by atomic mass is 9.87. The fourth-order valence-electron chi connectivity index (χ4n) is 2.10. The Balaban J connectivity index is 2.66. The number of halogens is 1. The maximum absolute atomic E-state index is 12.2. The first kappa shape index (κ1) is 16.5. The summed E-state index contributed by atoms with van der Waals surface area (Å²) < 4.78 is 0. The number of nitrogens with one attached hydrogen (secondary N) is 1. The topological polar surface area (TPSA) is 66.4 Å². The Morgan fingerprint density at radius 1 is 1.35 bits per heavy atom. The first-order valence-electron chi connectivity index (χ1n) is 6.66. The first-order valence-corrected chi connectivity index (χ1v) is 7.04. The van der Waals surface area contributed by atoms with Crippen LogP contribution < -0.4 is 5.32 Å². The molecule has 0 aliphatic heterocycles. The number of amides is 1. The van der Waals surface area contributed by atoms with Gasteiger partial charge in [0.15, 0.2) is 0 Å². The molecule has 0 aromatic heterocycles. The van der Waals surface area contributed by atoms with Crippen molar-refractivity contribution < 1.29 is 14.7 Å². The Labute approximate surface area is 124 Å². The highest BCUT2D eigenvalue weighted by molar-refractivity contribution is 6.30. The Morgan fingerprint density at radius 2 is 2.05 bits per heavy atom. The minimum Gasteiger partial charge on any atom is -0.481 e. The third kappa shape index (κ3) is 5.21. The second kappa shape index (κ2) is 7.90. The van der Waals surface area contributed by atoms with Gasteiger partial charge < -0.3 is 10.4 Å². The molecule has 1 unspecified atom stereocenters. The summed E-state index contributed by atoms with van der Waals surface area (Å²) >= 11 is 5.96. The van der Waals surface area contributed by atoms with E-state index in [0.29, 0.717) is 18.0 Å². The molecule has 0 radical (unpaired) electrons. The van der Waals surface area contributed by atoms with E-state index in [1.807, 2.05) is 26.0 Å². The summed E-state index contributed by atoms with van der Waals surface area (Å²) in [5.41, 5.74) is 0.878. The number of carbonyl (C=O) groups is 2. The van der Waals surface area contributed by atoms with Crippen molar-refractivity contribution in [3.8, 4) is 0 Å². The minimum atomic E-state index is -0.852. The zero-order valence-electron chi connectivity index (χ0n) is 11.7. The van der Waals surface area contributed by atoms with Crippen molar-refractivity contribution in [2.45, 2.75) is 32.6 Å². The van der Waals surface area contributed by atoms with Crippen LogP contribution in [0.4, 0.5) is 0 Å². The second-order valence-electron chi connectivity index (χ2n) is 5.07. The molecule has 0 aliphatic carbocycles. The molecule has 0 saturated carbocycles. The van der Waals surface area contributed by atoms with Gasteiger partial charge in [-0.25, -0.2) is 0 Å². The first-order chi connectivity index (χ1) is 9.41. The van der Waals surface area contributed by atoms with Gasteiger partial charge in [-0.1, -0.05) is 37.6 Å². The van der Waals surface area contributed by atoms with E-state index in [1.54, 1.807) is 12.1 Å². The highest BCUT2D eigenvalue weighted by Crippen LogP contribution is 2.26. The molecule has 0 spiro atoms. The van der Waals surface area contributed by atoms with Crippen molar-refractivity contribution in [3.05, 3.63) is 34.9 Å². The van der Waals surface area contributed by atoms with Crippen LogP contribution in [0.3, 0.4) is 0 Å². The summed E-state index contributed by atoms with van der Waals surface area (Å²) in [6, 6.07) is 7.27. The largest absolute Gasteiger partial charge is 0.481 e. The monoisotopic (exact) mass is 297 g/mol. The quantitative estimate of drug-likeness (QED) is 0.760. The van der Waals surface area contributed by atoms with Gasteiger partial charge in [0.2, 0.25) is 5.91 Å². The number of hydrogen-bond acceptors (Lipinski definition) is 2. The van der Waals surface area contributed by atoms with Crippen LogP contribution in [0.1, 0.15) is 38.2 Å². The van der Waals surface area contributed by atoms with E-state index in [-0.39, 0.29) is 24.2 Å². The number of carboxylic acids is 1. The van der Waals surface area contributed by atoms with E-state index in [1.165, 1.54) is 0 Å². The van der Waals surface area contributed by atoms with Crippen molar-refractivity contribution in [2.75, 3.05) is 6.54 Å². The van der Waals surface area contributed by atoms with Gasteiger partial charge in [-0.2, -0.15) is 0 Å². The van der Waals surface area contributed by atoms with E-state index in [4.69, 9.17) is 16.7 Å². The number of rotatable bonds is 7. The zero-order valence-corrected chi connectivity index (χ0v) is 12.5. The van der Waals surface area contributed by atoms with Gasteiger partial charge >= 0.3 is 5.97 Å². The summed E-state index contributed by atoms with van der Waals surface area (Å²) in [6.45, 7) is 4.32. The average Bonchev–Trinajstić information content (AvgIpc) is 2.34. The predicted molar refractivity (Wildman–Crippen MR) is 78.9 cm³/mol. The minimum absolute atomic E-state index is 0.0593. The van der Waals surface area contributed by atoms with E-state index in [0.717, 1.165) is 5.56 Å². The average molecular weight is 298 g/mol. The molecule has 0 heterocycles. The van der Waals surface area contributed by atoms with E-state index < -0.39 is 5.97 Å². The molecule has 1 atom stereocenters. The SMILES string of the molecule is CC(C)C(C(=O)NCCCC(=O)O)c1cccc(Cl)c1. The number of aliphatic carboxylic acids is 1. The number of benzene rings is 1. The van der Waals surface area contributed by atoms with Crippen LogP contribution in [0.15, 0.2) is 24.3 Å². The molecular formula is C15H20ClNO3. The summed E-state index contributed by atoms with van der Waals surface area (Å²) in [4.78, 5) is 22.7. The Kier molecular flexibility index (Phi) is 6.52. The fraction of sp³-hybridized carbons (Fsp3) is 0.467.